The Kier molecular flexibility index (Phi) is 6.07. The fraction of sp³-hybridized carbons (Fsp3) is 0.571. The summed E-state index contributed by atoms with van der Waals surface area (Å²) in [6.45, 7) is 3.37. The molecule has 1 heterocycles. The van der Waals surface area contributed by atoms with Crippen LogP contribution in [-0.2, 0) is 11.3 Å². The molecule has 1 aliphatic rings. The summed E-state index contributed by atoms with van der Waals surface area (Å²) in [5, 5.41) is 0. The van der Waals surface area contributed by atoms with E-state index in [0.29, 0.717) is 23.1 Å². The quantitative estimate of drug-likeness (QED) is 0.749. The van der Waals surface area contributed by atoms with Crippen LogP contribution in [0.25, 0.3) is 0 Å². The monoisotopic (exact) mass is 349 g/mol. The molecule has 1 aliphatic heterocycles. The van der Waals surface area contributed by atoms with Crippen molar-refractivity contribution in [1.29, 1.82) is 0 Å². The molecule has 2 nitrogen and oxygen atoms in total. The lowest BCUT2D eigenvalue weighted by atomic mass is 10.1. The summed E-state index contributed by atoms with van der Waals surface area (Å²) in [5.41, 5.74) is 1.00. The van der Waals surface area contributed by atoms with Gasteiger partial charge in [0.15, 0.2) is 0 Å². The molecule has 0 aromatic heterocycles. The predicted octanol–water partition coefficient (Wildman–Crippen LogP) is 3.81. The van der Waals surface area contributed by atoms with E-state index in [9.17, 15) is 4.39 Å². The Morgan fingerprint density at radius 1 is 1.37 bits per heavy atom. The van der Waals surface area contributed by atoms with Crippen LogP contribution < -0.4 is 0 Å². The normalized spacial score (nSPS) is 17.8. The molecule has 5 heteroatoms. The van der Waals surface area contributed by atoms with Gasteiger partial charge in [-0.05, 0) is 40.4 Å². The van der Waals surface area contributed by atoms with Gasteiger partial charge in [-0.3, -0.25) is 4.90 Å². The molecule has 0 radical (unpaired) electrons. The van der Waals surface area contributed by atoms with Crippen LogP contribution in [0.1, 0.15) is 18.4 Å². The number of piperidine rings is 1. The summed E-state index contributed by atoms with van der Waals surface area (Å²) in [6, 6.07) is 5.19. The van der Waals surface area contributed by atoms with Crippen molar-refractivity contribution in [3.63, 3.8) is 0 Å². The molecule has 1 saturated heterocycles. The van der Waals surface area contributed by atoms with E-state index < -0.39 is 0 Å². The highest BCUT2D eigenvalue weighted by Crippen LogP contribution is 2.23. The molecule has 0 bridgehead atoms. The van der Waals surface area contributed by atoms with Crippen LogP contribution in [0.15, 0.2) is 22.7 Å². The minimum Gasteiger partial charge on any atom is -0.377 e. The van der Waals surface area contributed by atoms with E-state index in [1.54, 1.807) is 6.07 Å². The van der Waals surface area contributed by atoms with Gasteiger partial charge in [0.25, 0.3) is 0 Å². The van der Waals surface area contributed by atoms with Gasteiger partial charge in [-0.2, -0.15) is 0 Å². The van der Waals surface area contributed by atoms with Crippen LogP contribution in [-0.4, -0.2) is 36.6 Å². The van der Waals surface area contributed by atoms with Crippen LogP contribution in [0.4, 0.5) is 4.39 Å². The average molecular weight is 351 g/mol. The third kappa shape index (κ3) is 4.42. The van der Waals surface area contributed by atoms with Gasteiger partial charge in [0, 0.05) is 25.5 Å². The highest BCUT2D eigenvalue weighted by molar-refractivity contribution is 9.10. The van der Waals surface area contributed by atoms with Crippen molar-refractivity contribution in [1.82, 2.24) is 4.90 Å². The maximum absolute atomic E-state index is 13.4. The second kappa shape index (κ2) is 7.58. The molecule has 0 unspecified atom stereocenters. The number of likely N-dealkylation sites (tertiary alicyclic amines) is 1. The van der Waals surface area contributed by atoms with Crippen molar-refractivity contribution in [3.8, 4) is 0 Å². The smallest absolute Gasteiger partial charge is 0.137 e. The lowest BCUT2D eigenvalue weighted by Crippen LogP contribution is -2.36. The van der Waals surface area contributed by atoms with Crippen LogP contribution >= 0.6 is 27.5 Å². The first-order valence-corrected chi connectivity index (χ1v) is 7.86. The largest absolute Gasteiger partial charge is 0.377 e. The minimum absolute atomic E-state index is 0.196. The number of halogens is 3. The molecule has 1 aromatic rings. The average Bonchev–Trinajstić information content (AvgIpc) is 2.43. The predicted molar refractivity (Wildman–Crippen MR) is 79.1 cm³/mol. The second-order valence-electron chi connectivity index (χ2n) is 4.75. The number of hydrogen-bond donors (Lipinski definition) is 0. The highest BCUT2D eigenvalue weighted by atomic mass is 79.9. The maximum atomic E-state index is 13.4. The Bertz CT molecular complexity index is 410. The van der Waals surface area contributed by atoms with Crippen molar-refractivity contribution in [2.75, 3.05) is 25.6 Å². The van der Waals surface area contributed by atoms with E-state index in [4.69, 9.17) is 16.3 Å². The molecule has 2 rings (SSSR count). The van der Waals surface area contributed by atoms with Crippen LogP contribution in [0.2, 0.25) is 0 Å². The number of rotatable bonds is 5. The van der Waals surface area contributed by atoms with Gasteiger partial charge in [0.2, 0.25) is 0 Å². The van der Waals surface area contributed by atoms with Gasteiger partial charge < -0.3 is 4.74 Å². The standard InChI is InChI=1S/C14H18BrClFNO/c15-14-11(2-1-3-13(14)17)10-18-7-4-12(5-8-18)19-9-6-16/h1-3,12H,4-10H2. The van der Waals surface area contributed by atoms with Gasteiger partial charge in [-0.25, -0.2) is 4.39 Å². The van der Waals surface area contributed by atoms with Gasteiger partial charge >= 0.3 is 0 Å². The Morgan fingerprint density at radius 3 is 2.79 bits per heavy atom. The number of alkyl halides is 1. The van der Waals surface area contributed by atoms with E-state index >= 15 is 0 Å². The first-order valence-electron chi connectivity index (χ1n) is 6.53. The molecule has 0 saturated carbocycles. The van der Waals surface area contributed by atoms with Gasteiger partial charge in [-0.1, -0.05) is 12.1 Å². The zero-order chi connectivity index (χ0) is 13.7. The first-order chi connectivity index (χ1) is 9.20. The van der Waals surface area contributed by atoms with Crippen LogP contribution in [0.3, 0.4) is 0 Å². The van der Waals surface area contributed by atoms with E-state index in [0.717, 1.165) is 38.0 Å². The third-order valence-corrected chi connectivity index (χ3v) is 4.43. The highest BCUT2D eigenvalue weighted by Gasteiger charge is 2.20. The van der Waals surface area contributed by atoms with E-state index in [1.165, 1.54) is 6.07 Å². The molecule has 0 N–H and O–H groups in total. The summed E-state index contributed by atoms with van der Waals surface area (Å²) < 4.78 is 19.7. The van der Waals surface area contributed by atoms with Crippen molar-refractivity contribution in [3.05, 3.63) is 34.1 Å². The van der Waals surface area contributed by atoms with E-state index in [1.807, 2.05) is 6.07 Å². The molecule has 0 amide bonds. The molecule has 0 atom stereocenters. The van der Waals surface area contributed by atoms with Crippen LogP contribution in [0.5, 0.6) is 0 Å². The fourth-order valence-electron chi connectivity index (χ4n) is 2.36. The first kappa shape index (κ1) is 15.2. The number of benzene rings is 1. The van der Waals surface area contributed by atoms with E-state index in [2.05, 4.69) is 20.8 Å². The van der Waals surface area contributed by atoms with Crippen molar-refractivity contribution >= 4 is 27.5 Å². The molecule has 1 aromatic carbocycles. The summed E-state index contributed by atoms with van der Waals surface area (Å²) in [5.74, 6) is 0.356. The minimum atomic E-state index is -0.196. The Hall–Kier alpha value is -0.160. The second-order valence-corrected chi connectivity index (χ2v) is 5.92. The Labute approximate surface area is 127 Å². The Morgan fingerprint density at radius 2 is 2.11 bits per heavy atom. The molecule has 0 spiro atoms. The topological polar surface area (TPSA) is 12.5 Å². The molecular formula is C14H18BrClFNO. The summed E-state index contributed by atoms with van der Waals surface area (Å²) in [7, 11) is 0. The van der Waals surface area contributed by atoms with E-state index in [-0.39, 0.29) is 5.82 Å². The third-order valence-electron chi connectivity index (χ3n) is 3.39. The zero-order valence-electron chi connectivity index (χ0n) is 10.7. The number of hydrogen-bond acceptors (Lipinski definition) is 2. The molecule has 19 heavy (non-hydrogen) atoms. The number of ether oxygens (including phenoxy) is 1. The fourth-order valence-corrected chi connectivity index (χ4v) is 2.84. The molecule has 106 valence electrons. The lowest BCUT2D eigenvalue weighted by Gasteiger charge is -2.32. The summed E-state index contributed by atoms with van der Waals surface area (Å²) >= 11 is 8.92. The van der Waals surface area contributed by atoms with Gasteiger partial charge in [-0.15, -0.1) is 11.6 Å². The van der Waals surface area contributed by atoms with Crippen molar-refractivity contribution in [2.24, 2.45) is 0 Å². The molecular weight excluding hydrogens is 333 g/mol. The van der Waals surface area contributed by atoms with Crippen molar-refractivity contribution < 1.29 is 9.13 Å². The van der Waals surface area contributed by atoms with Crippen molar-refractivity contribution in [2.45, 2.75) is 25.5 Å². The summed E-state index contributed by atoms with van der Waals surface area (Å²) in [4.78, 5) is 2.33. The van der Waals surface area contributed by atoms with Gasteiger partial charge in [0.05, 0.1) is 17.2 Å². The zero-order valence-corrected chi connectivity index (χ0v) is 13.1. The van der Waals surface area contributed by atoms with Crippen LogP contribution in [0, 0.1) is 5.82 Å². The maximum Gasteiger partial charge on any atom is 0.137 e. The number of nitrogens with zero attached hydrogens (tertiary/aromatic N) is 1. The molecule has 0 aliphatic carbocycles. The lowest BCUT2D eigenvalue weighted by molar-refractivity contribution is 0.0134. The Balaban J connectivity index is 1.84. The van der Waals surface area contributed by atoms with Gasteiger partial charge in [0.1, 0.15) is 5.82 Å². The molecule has 1 fully saturated rings. The SMILES string of the molecule is Fc1cccc(CN2CCC(OCCCl)CC2)c1Br. The summed E-state index contributed by atoms with van der Waals surface area (Å²) in [6.07, 6.45) is 2.36.